The van der Waals surface area contributed by atoms with Gasteiger partial charge in [0.05, 0.1) is 5.60 Å². The second-order valence-corrected chi connectivity index (χ2v) is 8.12. The molecule has 0 unspecified atom stereocenters. The average Bonchev–Trinajstić information content (AvgIpc) is 3.08. The van der Waals surface area contributed by atoms with E-state index in [9.17, 15) is 0 Å². The molecule has 1 atom stereocenters. The molecule has 2 fully saturated rings. The maximum atomic E-state index is 6.64. The van der Waals surface area contributed by atoms with E-state index in [2.05, 4.69) is 65.9 Å². The summed E-state index contributed by atoms with van der Waals surface area (Å²) in [4.78, 5) is 0. The van der Waals surface area contributed by atoms with Crippen LogP contribution in [0.1, 0.15) is 43.2 Å². The van der Waals surface area contributed by atoms with Gasteiger partial charge in [-0.1, -0.05) is 79.9 Å². The molecule has 4 heteroatoms. The predicted octanol–water partition coefficient (Wildman–Crippen LogP) is 4.41. The second-order valence-electron chi connectivity index (χ2n) is 8.12. The molecule has 1 aliphatic carbocycles. The van der Waals surface area contributed by atoms with E-state index in [0.717, 1.165) is 12.8 Å². The van der Waals surface area contributed by atoms with E-state index < -0.39 is 0 Å². The predicted molar refractivity (Wildman–Crippen MR) is 110 cm³/mol. The van der Waals surface area contributed by atoms with Crippen molar-refractivity contribution in [3.63, 3.8) is 0 Å². The Balaban J connectivity index is 1.69. The van der Waals surface area contributed by atoms with Gasteiger partial charge in [0.1, 0.15) is 0 Å². The SMILES string of the molecule is COB1N[C@H](C2CCCCC2)C(Cc2ccccc2)(Cc2ccccc2)O1. The minimum atomic E-state index is -0.329. The minimum Gasteiger partial charge on any atom is -0.400 e. The Morgan fingerprint density at radius 3 is 2.00 bits per heavy atom. The molecule has 1 saturated carbocycles. The zero-order chi connectivity index (χ0) is 18.5. The van der Waals surface area contributed by atoms with Crippen LogP contribution in [0.25, 0.3) is 0 Å². The highest BCUT2D eigenvalue weighted by atomic mass is 16.6. The maximum absolute atomic E-state index is 6.64. The van der Waals surface area contributed by atoms with Crippen LogP contribution in [0.2, 0.25) is 0 Å². The number of rotatable bonds is 6. The van der Waals surface area contributed by atoms with E-state index in [-0.39, 0.29) is 12.9 Å². The summed E-state index contributed by atoms with van der Waals surface area (Å²) in [6.45, 7) is 0. The molecule has 0 bridgehead atoms. The van der Waals surface area contributed by atoms with E-state index in [1.54, 1.807) is 7.11 Å². The quantitative estimate of drug-likeness (QED) is 0.772. The zero-order valence-corrected chi connectivity index (χ0v) is 16.3. The van der Waals surface area contributed by atoms with Crippen LogP contribution in [0.5, 0.6) is 0 Å². The Bertz CT molecular complexity index is 661. The van der Waals surface area contributed by atoms with E-state index in [4.69, 9.17) is 9.31 Å². The molecular weight excluding hydrogens is 333 g/mol. The fraction of sp³-hybridized carbons (Fsp3) is 0.478. The van der Waals surface area contributed by atoms with Gasteiger partial charge in [0.25, 0.3) is 0 Å². The smallest absolute Gasteiger partial charge is 0.400 e. The van der Waals surface area contributed by atoms with Crippen molar-refractivity contribution in [1.82, 2.24) is 5.23 Å². The molecular formula is C23H30BNO2. The first-order valence-corrected chi connectivity index (χ1v) is 10.3. The summed E-state index contributed by atoms with van der Waals surface area (Å²) in [5.41, 5.74) is 2.37. The molecule has 2 aromatic carbocycles. The first-order valence-electron chi connectivity index (χ1n) is 10.3. The lowest BCUT2D eigenvalue weighted by molar-refractivity contribution is 0.0295. The zero-order valence-electron chi connectivity index (χ0n) is 16.3. The van der Waals surface area contributed by atoms with Gasteiger partial charge in [0.2, 0.25) is 0 Å². The average molecular weight is 363 g/mol. The number of hydrogen-bond donors (Lipinski definition) is 1. The summed E-state index contributed by atoms with van der Waals surface area (Å²) >= 11 is 0. The van der Waals surface area contributed by atoms with Crippen molar-refractivity contribution in [2.75, 3.05) is 7.11 Å². The van der Waals surface area contributed by atoms with Crippen molar-refractivity contribution in [3.05, 3.63) is 71.8 Å². The van der Waals surface area contributed by atoms with Crippen molar-refractivity contribution >= 4 is 7.25 Å². The molecule has 0 spiro atoms. The highest BCUT2D eigenvalue weighted by molar-refractivity contribution is 6.42. The van der Waals surface area contributed by atoms with E-state index in [1.165, 1.54) is 43.2 Å². The molecule has 4 rings (SSSR count). The normalized spacial score (nSPS) is 22.9. The molecule has 3 nitrogen and oxygen atoms in total. The Hall–Kier alpha value is -1.62. The van der Waals surface area contributed by atoms with Crippen LogP contribution in [0, 0.1) is 5.92 Å². The molecule has 0 amide bonds. The molecule has 1 aliphatic heterocycles. The third-order valence-corrected chi connectivity index (χ3v) is 6.25. The van der Waals surface area contributed by atoms with E-state index in [1.807, 2.05) is 0 Å². The van der Waals surface area contributed by atoms with Crippen LogP contribution in [0.3, 0.4) is 0 Å². The van der Waals surface area contributed by atoms with Crippen molar-refractivity contribution in [3.8, 4) is 0 Å². The summed E-state index contributed by atoms with van der Waals surface area (Å²) in [5.74, 6) is 0.645. The Labute approximate surface area is 163 Å². The number of nitrogens with one attached hydrogen (secondary N) is 1. The highest BCUT2D eigenvalue weighted by Crippen LogP contribution is 2.40. The standard InChI is InChI=1S/C23H30BNO2/c1-26-24-25-22(21-15-9-4-10-16-21)23(27-24,17-19-11-5-2-6-12-19)18-20-13-7-3-8-14-20/h2-3,5-8,11-14,21-22,25H,4,9-10,15-18H2,1H3/t22-/m1/s1. The van der Waals surface area contributed by atoms with Crippen LogP contribution in [-0.4, -0.2) is 26.0 Å². The Morgan fingerprint density at radius 1 is 0.926 bits per heavy atom. The Morgan fingerprint density at radius 2 is 1.48 bits per heavy atom. The minimum absolute atomic E-state index is 0.286. The third kappa shape index (κ3) is 4.29. The van der Waals surface area contributed by atoms with Gasteiger partial charge in [-0.3, -0.25) is 5.23 Å². The van der Waals surface area contributed by atoms with Crippen LogP contribution in [-0.2, 0) is 22.2 Å². The van der Waals surface area contributed by atoms with E-state index >= 15 is 0 Å². The summed E-state index contributed by atoms with van der Waals surface area (Å²) in [5, 5.41) is 3.70. The van der Waals surface area contributed by atoms with Gasteiger partial charge in [0.15, 0.2) is 0 Å². The largest absolute Gasteiger partial charge is 0.555 e. The van der Waals surface area contributed by atoms with Gasteiger partial charge in [-0.2, -0.15) is 0 Å². The molecule has 0 radical (unpaired) electrons. The van der Waals surface area contributed by atoms with Gasteiger partial charge in [-0.25, -0.2) is 0 Å². The van der Waals surface area contributed by atoms with Gasteiger partial charge < -0.3 is 9.31 Å². The van der Waals surface area contributed by atoms with Gasteiger partial charge >= 0.3 is 7.25 Å². The fourth-order valence-corrected chi connectivity index (χ4v) is 5.02. The van der Waals surface area contributed by atoms with Crippen LogP contribution < -0.4 is 5.23 Å². The van der Waals surface area contributed by atoms with Gasteiger partial charge in [0, 0.05) is 26.0 Å². The lowest BCUT2D eigenvalue weighted by atomic mass is 9.72. The first-order chi connectivity index (χ1) is 13.3. The first kappa shape index (κ1) is 18.7. The van der Waals surface area contributed by atoms with Crippen LogP contribution in [0.15, 0.2) is 60.7 Å². The number of benzene rings is 2. The lowest BCUT2D eigenvalue weighted by Crippen LogP contribution is -2.52. The second kappa shape index (κ2) is 8.60. The molecule has 142 valence electrons. The Kier molecular flexibility index (Phi) is 5.97. The highest BCUT2D eigenvalue weighted by Gasteiger charge is 2.53. The van der Waals surface area contributed by atoms with E-state index in [0.29, 0.717) is 12.0 Å². The van der Waals surface area contributed by atoms with Crippen LogP contribution in [0.4, 0.5) is 0 Å². The molecule has 27 heavy (non-hydrogen) atoms. The van der Waals surface area contributed by atoms with Crippen molar-refractivity contribution in [2.45, 2.75) is 56.6 Å². The summed E-state index contributed by atoms with van der Waals surface area (Å²) in [6.07, 6.45) is 8.38. The monoisotopic (exact) mass is 363 g/mol. The summed E-state index contributed by atoms with van der Waals surface area (Å²) in [7, 11) is 1.40. The molecule has 2 aromatic rings. The third-order valence-electron chi connectivity index (χ3n) is 6.25. The molecule has 1 N–H and O–H groups in total. The van der Waals surface area contributed by atoms with Crippen molar-refractivity contribution in [2.24, 2.45) is 5.92 Å². The van der Waals surface area contributed by atoms with Crippen LogP contribution >= 0.6 is 0 Å². The molecule has 1 heterocycles. The molecule has 2 aliphatic rings. The van der Waals surface area contributed by atoms with Gasteiger partial charge in [-0.15, -0.1) is 0 Å². The van der Waals surface area contributed by atoms with Gasteiger partial charge in [-0.05, 0) is 29.9 Å². The van der Waals surface area contributed by atoms with Crippen molar-refractivity contribution < 1.29 is 9.31 Å². The maximum Gasteiger partial charge on any atom is 0.555 e. The number of hydrogen-bond acceptors (Lipinski definition) is 3. The summed E-state index contributed by atoms with van der Waals surface area (Å²) < 4.78 is 12.3. The molecule has 1 saturated heterocycles. The van der Waals surface area contributed by atoms with Crippen molar-refractivity contribution in [1.29, 1.82) is 0 Å². The topological polar surface area (TPSA) is 30.5 Å². The lowest BCUT2D eigenvalue weighted by Gasteiger charge is -2.41. The molecule has 0 aromatic heterocycles. The fourth-order valence-electron chi connectivity index (χ4n) is 5.02. The summed E-state index contributed by atoms with van der Waals surface area (Å²) in [6, 6.07) is 21.8.